The maximum absolute atomic E-state index is 2.51. The molecule has 0 heterocycles. The molecule has 6 aliphatic carbocycles. The molecule has 0 aromatic heterocycles. The zero-order chi connectivity index (χ0) is 86.7. The Bertz CT molecular complexity index is 8060. The van der Waals surface area contributed by atoms with E-state index in [1.54, 1.807) is 0 Å². The molecule has 0 saturated carbocycles. The quantitative estimate of drug-likeness (QED) is 0.107. The van der Waals surface area contributed by atoms with Crippen molar-refractivity contribution in [2.75, 3.05) is 14.7 Å². The molecule has 0 atom stereocenters. The highest BCUT2D eigenvalue weighted by Gasteiger charge is 2.55. The van der Waals surface area contributed by atoms with Crippen LogP contribution < -0.4 is 14.7 Å². The van der Waals surface area contributed by atoms with Crippen molar-refractivity contribution >= 4 is 51.2 Å². The molecule has 3 heteroatoms. The summed E-state index contributed by atoms with van der Waals surface area (Å²) in [5, 5.41) is 0. The third kappa shape index (κ3) is 11.0. The molecule has 0 aliphatic heterocycles. The molecule has 132 heavy (non-hydrogen) atoms. The van der Waals surface area contributed by atoms with Gasteiger partial charge in [-0.25, -0.2) is 0 Å². The summed E-state index contributed by atoms with van der Waals surface area (Å²) in [6, 6.07) is 189. The number of benzene rings is 21. The van der Waals surface area contributed by atoms with Gasteiger partial charge in [0.05, 0.1) is 16.2 Å². The fourth-order valence-corrected chi connectivity index (χ4v) is 24.0. The number of hydrogen-bond acceptors (Lipinski definition) is 3. The SMILES string of the molecule is c1ccc(-c2ccc(N(c3ccc(-c4ccc(-c5cccc(N(c6ccc(-c7ccc(-c8cccc(N(c9ccccc9)c9ccc%10c(c9)C9(c%11ccccc%11-c%11ccccc%119)c9ccccc9-%10)c8)cc7)cc6)c6ccc7c(c6)C6(c8ccccc8-c8ccccc86)c6ccccc6-7)c5)cc4)cc3)c3ccc4c(c3)C3(c5ccccc5-c5ccccc53)c3ccccc3-4)cc2)cc1. The van der Waals surface area contributed by atoms with Crippen molar-refractivity contribution in [3.8, 4) is 122 Å². The molecule has 614 valence electrons. The summed E-state index contributed by atoms with van der Waals surface area (Å²) in [5.41, 5.74) is 51.1. The molecule has 0 saturated heterocycles. The van der Waals surface area contributed by atoms with Crippen LogP contribution in [0.3, 0.4) is 0 Å². The molecule has 0 amide bonds. The largest absolute Gasteiger partial charge is 0.310 e. The molecule has 0 radical (unpaired) electrons. The van der Waals surface area contributed by atoms with E-state index in [0.29, 0.717) is 0 Å². The Labute approximate surface area is 769 Å². The van der Waals surface area contributed by atoms with Gasteiger partial charge in [-0.05, 0) is 298 Å². The van der Waals surface area contributed by atoms with Crippen LogP contribution in [0.5, 0.6) is 0 Å². The Morgan fingerprint density at radius 1 is 0.0985 bits per heavy atom. The van der Waals surface area contributed by atoms with Crippen LogP contribution >= 0.6 is 0 Å². The highest BCUT2D eigenvalue weighted by Crippen LogP contribution is 2.68. The summed E-state index contributed by atoms with van der Waals surface area (Å²) in [6.07, 6.45) is 0. The van der Waals surface area contributed by atoms with E-state index in [-0.39, 0.29) is 0 Å². The molecule has 0 bridgehead atoms. The Morgan fingerprint density at radius 2 is 0.258 bits per heavy atom. The smallest absolute Gasteiger partial charge is 0.0726 e. The van der Waals surface area contributed by atoms with Crippen LogP contribution in [0.15, 0.2) is 504 Å². The molecule has 3 nitrogen and oxygen atoms in total. The zero-order valence-corrected chi connectivity index (χ0v) is 72.3. The number of nitrogens with zero attached hydrogens (tertiary/aromatic N) is 3. The number of fused-ring (bicyclic) bond motifs is 30. The van der Waals surface area contributed by atoms with Gasteiger partial charge in [0.2, 0.25) is 0 Å². The lowest BCUT2D eigenvalue weighted by Gasteiger charge is -2.32. The molecular formula is C129H83N3. The van der Waals surface area contributed by atoms with Crippen LogP contribution in [-0.2, 0) is 16.2 Å². The van der Waals surface area contributed by atoms with Crippen molar-refractivity contribution < 1.29 is 0 Å². The van der Waals surface area contributed by atoms with Crippen molar-refractivity contribution in [3.63, 3.8) is 0 Å². The fraction of sp³-hybridized carbons (Fsp3) is 0.0233. The third-order valence-corrected chi connectivity index (χ3v) is 29.5. The van der Waals surface area contributed by atoms with Gasteiger partial charge in [0.15, 0.2) is 0 Å². The second kappa shape index (κ2) is 29.5. The Hall–Kier alpha value is -17.0. The van der Waals surface area contributed by atoms with E-state index in [4.69, 9.17) is 0 Å². The van der Waals surface area contributed by atoms with Gasteiger partial charge in [0.25, 0.3) is 0 Å². The molecule has 27 rings (SSSR count). The maximum Gasteiger partial charge on any atom is 0.0726 e. The maximum atomic E-state index is 2.51. The topological polar surface area (TPSA) is 9.72 Å². The van der Waals surface area contributed by atoms with E-state index >= 15 is 0 Å². The standard InChI is InChI=1S/C129H83N3/c1-3-27-84(28-4-1)87-61-67-95(68-62-87)130(100-73-76-112-109-41-13-22-50-121(109)127(124(112)81-100)115-44-16-7-35-103(115)104-36-8-17-45-116(104)127)96-69-63-88(64-70-96)85-53-59-91(60-54-85)93-30-26-34-99(80-93)132(102-75-78-114-111-43-15-24-52-123(111)129(126(114)83-102)119-48-20-11-39-107(119)108-40-12-21-49-120(108)129)97-71-65-89(66-72-97)86-55-57-90(58-56-86)92-29-25-33-98(79-92)131(94-31-5-2-6-32-94)101-74-77-113-110-42-14-23-51-122(110)128(125(113)82-101)117-46-18-9-37-105(117)106-38-10-19-47-118(106)128/h1-83H. The molecule has 21 aromatic carbocycles. The first-order valence-corrected chi connectivity index (χ1v) is 46.0. The van der Waals surface area contributed by atoms with Crippen LogP contribution in [0.4, 0.5) is 51.2 Å². The van der Waals surface area contributed by atoms with E-state index < -0.39 is 16.2 Å². The molecule has 3 spiro atoms. The van der Waals surface area contributed by atoms with Gasteiger partial charge in [-0.3, -0.25) is 0 Å². The summed E-state index contributed by atoms with van der Waals surface area (Å²) in [6.45, 7) is 0. The molecule has 0 fully saturated rings. The highest BCUT2D eigenvalue weighted by molar-refractivity contribution is 6.02. The lowest BCUT2D eigenvalue weighted by molar-refractivity contribution is 0.793. The number of para-hydroxylation sites is 1. The van der Waals surface area contributed by atoms with Crippen molar-refractivity contribution in [3.05, 3.63) is 570 Å². The van der Waals surface area contributed by atoms with Crippen molar-refractivity contribution in [1.82, 2.24) is 0 Å². The fourth-order valence-electron chi connectivity index (χ4n) is 24.0. The zero-order valence-electron chi connectivity index (χ0n) is 72.3. The minimum atomic E-state index is -0.523. The van der Waals surface area contributed by atoms with Gasteiger partial charge in [0.1, 0.15) is 0 Å². The van der Waals surface area contributed by atoms with Crippen LogP contribution in [0.2, 0.25) is 0 Å². The molecule has 0 N–H and O–H groups in total. The minimum Gasteiger partial charge on any atom is -0.310 e. The normalized spacial score (nSPS) is 13.5. The summed E-state index contributed by atoms with van der Waals surface area (Å²) in [4.78, 5) is 7.35. The van der Waals surface area contributed by atoms with E-state index in [1.165, 1.54) is 145 Å². The molecule has 6 aliphatic rings. The van der Waals surface area contributed by atoms with Gasteiger partial charge in [0, 0.05) is 51.2 Å². The van der Waals surface area contributed by atoms with Crippen LogP contribution in [0, 0.1) is 0 Å². The van der Waals surface area contributed by atoms with Crippen molar-refractivity contribution in [1.29, 1.82) is 0 Å². The Balaban J connectivity index is 0.526. The second-order valence-electron chi connectivity index (χ2n) is 36.0. The predicted octanol–water partition coefficient (Wildman–Crippen LogP) is 33.5. The number of rotatable bonds is 14. The average Bonchev–Trinajstić information content (AvgIpc) is 1.52. The molecular weight excluding hydrogens is 1590 g/mol. The van der Waals surface area contributed by atoms with Gasteiger partial charge in [-0.2, -0.15) is 0 Å². The lowest BCUT2D eigenvalue weighted by Crippen LogP contribution is -2.26. The highest BCUT2D eigenvalue weighted by atomic mass is 15.2. The van der Waals surface area contributed by atoms with Crippen LogP contribution in [-0.4, -0.2) is 0 Å². The Morgan fingerprint density at radius 3 is 0.515 bits per heavy atom. The predicted molar refractivity (Wildman–Crippen MR) is 547 cm³/mol. The molecule has 21 aromatic rings. The van der Waals surface area contributed by atoms with E-state index in [9.17, 15) is 0 Å². The van der Waals surface area contributed by atoms with Gasteiger partial charge in [-0.1, -0.05) is 394 Å². The summed E-state index contributed by atoms with van der Waals surface area (Å²) in [7, 11) is 0. The number of anilines is 9. The van der Waals surface area contributed by atoms with Gasteiger partial charge in [-0.15, -0.1) is 0 Å². The Kier molecular flexibility index (Phi) is 16.8. The average molecular weight is 1680 g/mol. The second-order valence-corrected chi connectivity index (χ2v) is 36.0. The van der Waals surface area contributed by atoms with Crippen LogP contribution in [0.25, 0.3) is 122 Å². The summed E-state index contributed by atoms with van der Waals surface area (Å²) >= 11 is 0. The summed E-state index contributed by atoms with van der Waals surface area (Å²) in [5.74, 6) is 0. The lowest BCUT2D eigenvalue weighted by atomic mass is 9.70. The monoisotopic (exact) mass is 1670 g/mol. The van der Waals surface area contributed by atoms with Gasteiger partial charge >= 0.3 is 0 Å². The first-order valence-electron chi connectivity index (χ1n) is 46.0. The first-order chi connectivity index (χ1) is 65.4. The van der Waals surface area contributed by atoms with Crippen LogP contribution in [0.1, 0.15) is 66.8 Å². The third-order valence-electron chi connectivity index (χ3n) is 29.5. The molecule has 0 unspecified atom stereocenters. The first kappa shape index (κ1) is 75.2. The minimum absolute atomic E-state index is 0.464. The van der Waals surface area contributed by atoms with E-state index in [2.05, 4.69) is 518 Å². The van der Waals surface area contributed by atoms with Crippen molar-refractivity contribution in [2.24, 2.45) is 0 Å². The van der Waals surface area contributed by atoms with Gasteiger partial charge < -0.3 is 14.7 Å². The van der Waals surface area contributed by atoms with Crippen molar-refractivity contribution in [2.45, 2.75) is 16.2 Å². The summed E-state index contributed by atoms with van der Waals surface area (Å²) < 4.78 is 0. The number of hydrogen-bond donors (Lipinski definition) is 0. The van der Waals surface area contributed by atoms with E-state index in [0.717, 1.165) is 95.7 Å². The van der Waals surface area contributed by atoms with E-state index in [1.807, 2.05) is 0 Å².